The number of carbonyl (C=O) groups excluding carboxylic acids is 1. The van der Waals surface area contributed by atoms with E-state index in [-0.39, 0.29) is 47.7 Å². The van der Waals surface area contributed by atoms with Crippen LogP contribution in [0.5, 0.6) is 5.75 Å². The van der Waals surface area contributed by atoms with Gasteiger partial charge in [0, 0.05) is 23.8 Å². The summed E-state index contributed by atoms with van der Waals surface area (Å²) in [6.07, 6.45) is 5.50. The molecule has 14 heteroatoms. The lowest BCUT2D eigenvalue weighted by atomic mass is 9.90. The highest BCUT2D eigenvalue weighted by Gasteiger charge is 2.25. The van der Waals surface area contributed by atoms with Crippen molar-refractivity contribution in [3.63, 3.8) is 0 Å². The second-order valence-electron chi connectivity index (χ2n) is 7.06. The van der Waals surface area contributed by atoms with Crippen molar-refractivity contribution in [2.75, 3.05) is 13.1 Å². The molecule has 1 aromatic heterocycles. The lowest BCUT2D eigenvalue weighted by molar-refractivity contribution is -0.137. The van der Waals surface area contributed by atoms with Crippen LogP contribution in [0.2, 0.25) is 0 Å². The molecule has 32 heavy (non-hydrogen) atoms. The number of carbonyl (C=O) groups is 3. The van der Waals surface area contributed by atoms with Crippen molar-refractivity contribution in [2.24, 2.45) is 0 Å². The van der Waals surface area contributed by atoms with E-state index in [1.807, 2.05) is 0 Å². The van der Waals surface area contributed by atoms with Crippen LogP contribution in [0.4, 0.5) is 0 Å². The Hall–Kier alpha value is -2.41. The SMILES string of the molecule is Cc1ncc(COP(=O)(O)O)c(C=O)c1O.O=C(O)CN[C@@H]1CCCC[C@H]1NCC(=O)O. The summed E-state index contributed by atoms with van der Waals surface area (Å²) in [5.41, 5.74) is 0.282. The van der Waals surface area contributed by atoms with Crippen LogP contribution >= 0.6 is 7.82 Å². The summed E-state index contributed by atoms with van der Waals surface area (Å²) >= 11 is 0. The predicted molar refractivity (Wildman–Crippen MR) is 110 cm³/mol. The van der Waals surface area contributed by atoms with Crippen LogP contribution < -0.4 is 10.6 Å². The fourth-order valence-electron chi connectivity index (χ4n) is 3.11. The van der Waals surface area contributed by atoms with Gasteiger partial charge >= 0.3 is 19.8 Å². The van der Waals surface area contributed by atoms with Gasteiger partial charge in [-0.15, -0.1) is 0 Å². The Bertz CT molecular complexity index is 819. The van der Waals surface area contributed by atoms with Gasteiger partial charge in [-0.2, -0.15) is 0 Å². The molecule has 0 saturated heterocycles. The minimum absolute atomic E-state index is 0.0594. The van der Waals surface area contributed by atoms with Crippen LogP contribution in [0.1, 0.15) is 47.3 Å². The quantitative estimate of drug-likeness (QED) is 0.177. The molecule has 1 aliphatic rings. The average molecular weight is 477 g/mol. The highest BCUT2D eigenvalue weighted by atomic mass is 31.2. The van der Waals surface area contributed by atoms with Gasteiger partial charge in [0.25, 0.3) is 0 Å². The average Bonchev–Trinajstić information content (AvgIpc) is 2.72. The standard InChI is InChI=1S/C10H18N2O4.C8H10NO6P/c13-9(14)5-11-7-3-1-2-4-8(7)12-6-10(15)16;1-5-8(11)7(3-10)6(2-9-5)4-15-16(12,13)14/h7-8,11-12H,1-6H2,(H,13,14)(H,15,16);2-3,11H,4H2,1H3,(H2,12,13,14)/t7-,8-;/m1./s1. The third kappa shape index (κ3) is 10.3. The van der Waals surface area contributed by atoms with E-state index in [0.29, 0.717) is 6.29 Å². The number of nitrogens with zero attached hydrogens (tertiary/aromatic N) is 1. The fourth-order valence-corrected chi connectivity index (χ4v) is 3.42. The molecule has 0 aliphatic heterocycles. The van der Waals surface area contributed by atoms with Crippen molar-refractivity contribution in [1.82, 2.24) is 15.6 Å². The van der Waals surface area contributed by atoms with E-state index < -0.39 is 26.4 Å². The van der Waals surface area contributed by atoms with E-state index in [9.17, 15) is 24.1 Å². The number of rotatable bonds is 10. The summed E-state index contributed by atoms with van der Waals surface area (Å²) in [5.74, 6) is -2.09. The van der Waals surface area contributed by atoms with E-state index in [1.165, 1.54) is 13.1 Å². The molecule has 13 nitrogen and oxygen atoms in total. The zero-order valence-electron chi connectivity index (χ0n) is 17.4. The molecule has 1 saturated carbocycles. The van der Waals surface area contributed by atoms with Crippen molar-refractivity contribution in [2.45, 2.75) is 51.3 Å². The largest absolute Gasteiger partial charge is 0.505 e. The Kier molecular flexibility index (Phi) is 11.4. The number of hydrogen-bond acceptors (Lipinski definition) is 9. The van der Waals surface area contributed by atoms with Gasteiger partial charge < -0.3 is 35.7 Å². The number of aldehydes is 1. The number of aliphatic carboxylic acids is 2. The van der Waals surface area contributed by atoms with E-state index in [4.69, 9.17) is 20.0 Å². The van der Waals surface area contributed by atoms with E-state index in [1.54, 1.807) is 0 Å². The van der Waals surface area contributed by atoms with Crippen LogP contribution in [0.25, 0.3) is 0 Å². The van der Waals surface area contributed by atoms with Crippen LogP contribution in [0.15, 0.2) is 6.20 Å². The number of phosphoric acid groups is 1. The molecule has 1 heterocycles. The number of carboxylic acid groups (broad SMARTS) is 2. The highest BCUT2D eigenvalue weighted by Crippen LogP contribution is 2.37. The smallest absolute Gasteiger partial charge is 0.469 e. The summed E-state index contributed by atoms with van der Waals surface area (Å²) in [6.45, 7) is 0.848. The molecule has 0 radical (unpaired) electrons. The molecule has 1 aromatic rings. The van der Waals surface area contributed by atoms with Gasteiger partial charge in [-0.1, -0.05) is 12.8 Å². The van der Waals surface area contributed by atoms with Crippen molar-refractivity contribution in [3.05, 3.63) is 23.0 Å². The molecule has 1 fully saturated rings. The molecule has 2 rings (SSSR count). The normalized spacial score (nSPS) is 18.3. The Labute approximate surface area is 184 Å². The number of hydrogen-bond donors (Lipinski definition) is 7. The summed E-state index contributed by atoms with van der Waals surface area (Å²) in [5, 5.41) is 32.5. The molecule has 0 aromatic carbocycles. The maximum atomic E-state index is 10.7. The number of phosphoric ester groups is 1. The van der Waals surface area contributed by atoms with Gasteiger partial charge in [0.05, 0.1) is 31.0 Å². The number of aromatic nitrogens is 1. The molecule has 1 aliphatic carbocycles. The van der Waals surface area contributed by atoms with E-state index >= 15 is 0 Å². The number of nitrogens with one attached hydrogen (secondary N) is 2. The lowest BCUT2D eigenvalue weighted by Gasteiger charge is -2.32. The zero-order chi connectivity index (χ0) is 24.3. The van der Waals surface area contributed by atoms with Crippen LogP contribution in [-0.2, 0) is 25.3 Å². The van der Waals surface area contributed by atoms with Gasteiger partial charge in [0.2, 0.25) is 0 Å². The van der Waals surface area contributed by atoms with E-state index in [2.05, 4.69) is 20.1 Å². The zero-order valence-corrected chi connectivity index (χ0v) is 18.3. The van der Waals surface area contributed by atoms with Gasteiger partial charge in [-0.05, 0) is 19.8 Å². The first kappa shape index (κ1) is 27.6. The molecular weight excluding hydrogens is 449 g/mol. The maximum Gasteiger partial charge on any atom is 0.469 e. The monoisotopic (exact) mass is 477 g/mol. The van der Waals surface area contributed by atoms with Gasteiger partial charge in [0.15, 0.2) is 6.29 Å². The topological polar surface area (TPSA) is 216 Å². The Morgan fingerprint density at radius 3 is 2.06 bits per heavy atom. The minimum atomic E-state index is -4.61. The van der Waals surface area contributed by atoms with Crippen LogP contribution in [0.3, 0.4) is 0 Å². The lowest BCUT2D eigenvalue weighted by Crippen LogP contribution is -2.52. The molecule has 0 unspecified atom stereocenters. The molecule has 0 bridgehead atoms. The summed E-state index contributed by atoms with van der Waals surface area (Å²) in [4.78, 5) is 52.3. The summed E-state index contributed by atoms with van der Waals surface area (Å²) < 4.78 is 14.7. The molecule has 7 N–H and O–H groups in total. The second-order valence-corrected chi connectivity index (χ2v) is 8.30. The highest BCUT2D eigenvalue weighted by molar-refractivity contribution is 7.46. The Balaban J connectivity index is 0.000000320. The summed E-state index contributed by atoms with van der Waals surface area (Å²) in [7, 11) is -4.61. The third-order valence-corrected chi connectivity index (χ3v) is 5.13. The molecule has 2 atom stereocenters. The number of pyridine rings is 1. The molecule has 0 spiro atoms. The Morgan fingerprint density at radius 2 is 1.66 bits per heavy atom. The van der Waals surface area contributed by atoms with Crippen LogP contribution in [-0.4, -0.2) is 73.5 Å². The molecule has 0 amide bonds. The second kappa shape index (κ2) is 13.2. The number of aromatic hydroxyl groups is 1. The minimum Gasteiger partial charge on any atom is -0.505 e. The summed E-state index contributed by atoms with van der Waals surface area (Å²) in [6, 6.07) is 0.119. The van der Waals surface area contributed by atoms with Crippen molar-refractivity contribution >= 4 is 26.0 Å². The van der Waals surface area contributed by atoms with E-state index in [0.717, 1.165) is 25.7 Å². The first-order chi connectivity index (χ1) is 14.9. The van der Waals surface area contributed by atoms with Crippen molar-refractivity contribution in [3.8, 4) is 5.75 Å². The number of aryl methyl sites for hydroxylation is 1. The first-order valence-corrected chi connectivity index (χ1v) is 11.2. The van der Waals surface area contributed by atoms with Crippen molar-refractivity contribution in [1.29, 1.82) is 0 Å². The maximum absolute atomic E-state index is 10.7. The third-order valence-electron chi connectivity index (χ3n) is 4.66. The fraction of sp³-hybridized carbons (Fsp3) is 0.556. The first-order valence-electron chi connectivity index (χ1n) is 9.67. The molecular formula is C18H28N3O10P. The van der Waals surface area contributed by atoms with Crippen molar-refractivity contribution < 1.29 is 48.6 Å². The number of carboxylic acids is 2. The van der Waals surface area contributed by atoms with Crippen LogP contribution in [0, 0.1) is 6.92 Å². The van der Waals surface area contributed by atoms with Gasteiger partial charge in [-0.25, -0.2) is 4.57 Å². The molecule has 180 valence electrons. The predicted octanol–water partition coefficient (Wildman–Crippen LogP) is 0.163. The Morgan fingerprint density at radius 1 is 1.16 bits per heavy atom. The van der Waals surface area contributed by atoms with Gasteiger partial charge in [0.1, 0.15) is 5.75 Å². The van der Waals surface area contributed by atoms with Gasteiger partial charge in [-0.3, -0.25) is 23.9 Å².